The smallest absolute Gasteiger partial charge is 0.122 e. The van der Waals surface area contributed by atoms with Crippen LogP contribution in [0.5, 0.6) is 11.5 Å². The maximum Gasteiger partial charge on any atom is 0.122 e. The van der Waals surface area contributed by atoms with Gasteiger partial charge in [-0.1, -0.05) is 85.1 Å². The zero-order valence-corrected chi connectivity index (χ0v) is 21.5. The van der Waals surface area contributed by atoms with E-state index in [1.165, 1.54) is 37.7 Å². The Bertz CT molecular complexity index is 961. The SMILES string of the molecule is CC(C)(C)c1cc(CN)cc(Cc2cc(CNC3CCCCC3)cc(C(C)(C)C)c2O)c1O. The van der Waals surface area contributed by atoms with E-state index >= 15 is 0 Å². The first-order chi connectivity index (χ1) is 15.4. The van der Waals surface area contributed by atoms with E-state index < -0.39 is 0 Å². The van der Waals surface area contributed by atoms with Gasteiger partial charge in [0.1, 0.15) is 11.5 Å². The van der Waals surface area contributed by atoms with Gasteiger partial charge in [0.05, 0.1) is 0 Å². The molecule has 0 unspecified atom stereocenters. The van der Waals surface area contributed by atoms with Crippen molar-refractivity contribution in [3.63, 3.8) is 0 Å². The lowest BCUT2D eigenvalue weighted by molar-refractivity contribution is 0.372. The molecule has 2 aromatic rings. The first-order valence-electron chi connectivity index (χ1n) is 12.5. The second-order valence-electron chi connectivity index (χ2n) is 11.9. The molecule has 4 nitrogen and oxygen atoms in total. The number of hydrogen-bond donors (Lipinski definition) is 4. The van der Waals surface area contributed by atoms with E-state index in [4.69, 9.17) is 5.73 Å². The third-order valence-electron chi connectivity index (χ3n) is 6.93. The topological polar surface area (TPSA) is 78.5 Å². The Morgan fingerprint density at radius 3 is 1.76 bits per heavy atom. The summed E-state index contributed by atoms with van der Waals surface area (Å²) in [5, 5.41) is 26.1. The highest BCUT2D eigenvalue weighted by Gasteiger charge is 2.25. The predicted octanol–water partition coefficient (Wildman–Crippen LogP) is 6.16. The van der Waals surface area contributed by atoms with Crippen molar-refractivity contribution in [3.05, 3.63) is 57.6 Å². The van der Waals surface area contributed by atoms with Gasteiger partial charge in [0, 0.05) is 25.6 Å². The third kappa shape index (κ3) is 6.30. The standard InChI is InChI=1S/C29H44N2O2/c1-28(2,3)24-14-19(17-30)12-21(26(24)32)16-22-13-20(15-25(27(22)33)29(4,5)6)18-31-23-10-8-7-9-11-23/h12-15,23,31-33H,7-11,16-18,30H2,1-6H3. The van der Waals surface area contributed by atoms with Crippen LogP contribution in [0.2, 0.25) is 0 Å². The molecule has 0 atom stereocenters. The summed E-state index contributed by atoms with van der Waals surface area (Å²) < 4.78 is 0. The average molecular weight is 453 g/mol. The molecule has 0 saturated heterocycles. The van der Waals surface area contributed by atoms with Gasteiger partial charge >= 0.3 is 0 Å². The van der Waals surface area contributed by atoms with Crippen LogP contribution < -0.4 is 11.1 Å². The van der Waals surface area contributed by atoms with E-state index in [0.29, 0.717) is 30.5 Å². The average Bonchev–Trinajstić information content (AvgIpc) is 2.74. The van der Waals surface area contributed by atoms with Crippen LogP contribution in [0.15, 0.2) is 24.3 Å². The van der Waals surface area contributed by atoms with Gasteiger partial charge in [0.2, 0.25) is 0 Å². The van der Waals surface area contributed by atoms with E-state index in [0.717, 1.165) is 34.4 Å². The molecule has 1 aliphatic carbocycles. The molecule has 0 aliphatic heterocycles. The second-order valence-corrected chi connectivity index (χ2v) is 11.9. The summed E-state index contributed by atoms with van der Waals surface area (Å²) in [7, 11) is 0. The molecular weight excluding hydrogens is 408 g/mol. The van der Waals surface area contributed by atoms with Crippen molar-refractivity contribution in [2.75, 3.05) is 0 Å². The lowest BCUT2D eigenvalue weighted by atomic mass is 9.81. The number of benzene rings is 2. The van der Waals surface area contributed by atoms with Gasteiger partial charge in [-0.25, -0.2) is 0 Å². The second kappa shape index (κ2) is 10.1. The predicted molar refractivity (Wildman–Crippen MR) is 138 cm³/mol. The summed E-state index contributed by atoms with van der Waals surface area (Å²) in [5.41, 5.74) is 11.3. The Kier molecular flexibility index (Phi) is 7.80. The molecule has 1 fully saturated rings. The van der Waals surface area contributed by atoms with Crippen LogP contribution in [0, 0.1) is 0 Å². The highest BCUT2D eigenvalue weighted by atomic mass is 16.3. The van der Waals surface area contributed by atoms with E-state index in [-0.39, 0.29) is 10.8 Å². The fourth-order valence-corrected chi connectivity index (χ4v) is 4.93. The lowest BCUT2D eigenvalue weighted by Crippen LogP contribution is -2.30. The van der Waals surface area contributed by atoms with Gasteiger partial charge in [-0.05, 0) is 57.1 Å². The van der Waals surface area contributed by atoms with Gasteiger partial charge in [0.25, 0.3) is 0 Å². The Morgan fingerprint density at radius 2 is 1.27 bits per heavy atom. The number of nitrogens with two attached hydrogens (primary N) is 1. The lowest BCUT2D eigenvalue weighted by Gasteiger charge is -2.26. The van der Waals surface area contributed by atoms with Crippen LogP contribution in [0.3, 0.4) is 0 Å². The van der Waals surface area contributed by atoms with E-state index in [2.05, 4.69) is 59.0 Å². The molecule has 3 rings (SSSR count). The van der Waals surface area contributed by atoms with Crippen LogP contribution in [0.4, 0.5) is 0 Å². The minimum absolute atomic E-state index is 0.183. The van der Waals surface area contributed by atoms with E-state index in [1.54, 1.807) is 0 Å². The van der Waals surface area contributed by atoms with Crippen LogP contribution in [-0.2, 0) is 30.3 Å². The molecule has 5 N–H and O–H groups in total. The number of nitrogens with one attached hydrogen (secondary N) is 1. The molecule has 33 heavy (non-hydrogen) atoms. The molecule has 0 bridgehead atoms. The number of phenolic OH excluding ortho intramolecular Hbond substituents is 2. The summed E-state index contributed by atoms with van der Waals surface area (Å²) in [6, 6.07) is 8.81. The minimum Gasteiger partial charge on any atom is -0.507 e. The third-order valence-corrected chi connectivity index (χ3v) is 6.93. The molecule has 2 aromatic carbocycles. The molecule has 4 heteroatoms. The zero-order chi connectivity index (χ0) is 24.4. The highest BCUT2D eigenvalue weighted by Crippen LogP contribution is 2.39. The fourth-order valence-electron chi connectivity index (χ4n) is 4.93. The van der Waals surface area contributed by atoms with Crippen LogP contribution in [0.25, 0.3) is 0 Å². The largest absolute Gasteiger partial charge is 0.507 e. The molecule has 1 saturated carbocycles. The summed E-state index contributed by atoms with van der Waals surface area (Å²) in [4.78, 5) is 0. The number of hydrogen-bond acceptors (Lipinski definition) is 4. The number of rotatable bonds is 6. The van der Waals surface area contributed by atoms with Gasteiger partial charge in [-0.15, -0.1) is 0 Å². The molecule has 0 aromatic heterocycles. The quantitative estimate of drug-likeness (QED) is 0.423. The van der Waals surface area contributed by atoms with Gasteiger partial charge < -0.3 is 21.3 Å². The summed E-state index contributed by atoms with van der Waals surface area (Å²) in [5.74, 6) is 0.640. The van der Waals surface area contributed by atoms with Crippen LogP contribution >= 0.6 is 0 Å². The van der Waals surface area contributed by atoms with Crippen molar-refractivity contribution in [1.82, 2.24) is 5.32 Å². The number of aromatic hydroxyl groups is 2. The molecule has 0 spiro atoms. The Balaban J connectivity index is 1.99. The van der Waals surface area contributed by atoms with Gasteiger partial charge in [-0.2, -0.15) is 0 Å². The van der Waals surface area contributed by atoms with Crippen molar-refractivity contribution in [3.8, 4) is 11.5 Å². The summed E-state index contributed by atoms with van der Waals surface area (Å²) in [6.07, 6.45) is 6.91. The van der Waals surface area contributed by atoms with Crippen molar-refractivity contribution in [1.29, 1.82) is 0 Å². The Labute approximate surface area is 200 Å². The van der Waals surface area contributed by atoms with Crippen LogP contribution in [-0.4, -0.2) is 16.3 Å². The first kappa shape index (κ1) is 25.6. The van der Waals surface area contributed by atoms with Crippen molar-refractivity contribution in [2.45, 2.75) is 110 Å². The normalized spacial score (nSPS) is 15.7. The first-order valence-corrected chi connectivity index (χ1v) is 12.5. The van der Waals surface area contributed by atoms with Crippen molar-refractivity contribution < 1.29 is 10.2 Å². The maximum absolute atomic E-state index is 11.2. The minimum atomic E-state index is -0.200. The number of phenols is 2. The Hall–Kier alpha value is -2.04. The maximum atomic E-state index is 11.2. The summed E-state index contributed by atoms with van der Waals surface area (Å²) in [6.45, 7) is 13.9. The van der Waals surface area contributed by atoms with E-state index in [9.17, 15) is 10.2 Å². The molecule has 0 radical (unpaired) electrons. The van der Waals surface area contributed by atoms with Crippen molar-refractivity contribution in [2.24, 2.45) is 5.73 Å². The fraction of sp³-hybridized carbons (Fsp3) is 0.586. The van der Waals surface area contributed by atoms with Gasteiger partial charge in [-0.3, -0.25) is 0 Å². The summed E-state index contributed by atoms with van der Waals surface area (Å²) >= 11 is 0. The monoisotopic (exact) mass is 452 g/mol. The van der Waals surface area contributed by atoms with Crippen LogP contribution in [0.1, 0.15) is 107 Å². The molecule has 0 amide bonds. The zero-order valence-electron chi connectivity index (χ0n) is 21.5. The Morgan fingerprint density at radius 1 is 0.788 bits per heavy atom. The van der Waals surface area contributed by atoms with E-state index in [1.807, 2.05) is 12.1 Å². The molecule has 182 valence electrons. The molecular formula is C29H44N2O2. The van der Waals surface area contributed by atoms with Gasteiger partial charge in [0.15, 0.2) is 0 Å². The molecule has 1 aliphatic rings. The van der Waals surface area contributed by atoms with Crippen molar-refractivity contribution >= 4 is 0 Å². The molecule has 0 heterocycles. The highest BCUT2D eigenvalue weighted by molar-refractivity contribution is 5.53.